The molecule has 7 rings (SSSR count). The minimum Gasteiger partial charge on any atom is -1.00 e. The second kappa shape index (κ2) is 16.6. The Bertz CT molecular complexity index is 1460. The molecule has 0 saturated carbocycles. The summed E-state index contributed by atoms with van der Waals surface area (Å²) in [5.74, 6) is 0.882. The van der Waals surface area contributed by atoms with Crippen molar-refractivity contribution >= 4 is 42.2 Å². The van der Waals surface area contributed by atoms with E-state index in [0.29, 0.717) is 11.8 Å². The van der Waals surface area contributed by atoms with Gasteiger partial charge in [0.25, 0.3) is 0 Å². The first-order valence-electron chi connectivity index (χ1n) is 13.8. The van der Waals surface area contributed by atoms with E-state index in [1.165, 1.54) is 83.0 Å². The maximum atomic E-state index is 3.44. The molecule has 4 aromatic rings. The molecule has 0 amide bonds. The standard InChI is InChI=1S/2C17H15.C3H6Si.2ClH.Hf/c2*1-12-9-13(2)17(10-12)16-8-7-14-5-3-4-6-15(14)11-16;1-2-4-3-1;;;/h2*3-8,10-12H,1-2H3;1-3H2;2*1H;/q2*-1;;;;+4/p-2. The van der Waals surface area contributed by atoms with E-state index in [0.717, 1.165) is 0 Å². The Balaban J connectivity index is 0.000000237. The molecule has 1 saturated heterocycles. The van der Waals surface area contributed by atoms with Crippen LogP contribution in [-0.2, 0) is 25.8 Å². The Labute approximate surface area is 280 Å². The smallest absolute Gasteiger partial charge is 1.00 e. The van der Waals surface area contributed by atoms with Crippen LogP contribution < -0.4 is 24.8 Å². The van der Waals surface area contributed by atoms with Crippen LogP contribution in [0.5, 0.6) is 0 Å². The molecule has 3 aliphatic rings. The second-order valence-corrected chi connectivity index (χ2v) is 12.0. The van der Waals surface area contributed by atoms with E-state index in [1.807, 2.05) is 0 Å². The van der Waals surface area contributed by atoms with Crippen molar-refractivity contribution in [3.05, 3.63) is 132 Å². The number of benzene rings is 4. The first kappa shape index (κ1) is 35.2. The van der Waals surface area contributed by atoms with E-state index in [9.17, 15) is 0 Å². The fourth-order valence-electron chi connectivity index (χ4n) is 5.19. The molecule has 0 aromatic heterocycles. The summed E-state index contributed by atoms with van der Waals surface area (Å²) in [6, 6.07) is 33.4. The normalized spacial score (nSPS) is 18.3. The summed E-state index contributed by atoms with van der Waals surface area (Å²) in [5, 5.41) is 5.21. The van der Waals surface area contributed by atoms with Crippen molar-refractivity contribution < 1.29 is 50.7 Å². The monoisotopic (exact) mass is 758 g/mol. The molecule has 1 fully saturated rings. The van der Waals surface area contributed by atoms with Gasteiger partial charge in [-0.15, -0.1) is 0 Å². The van der Waals surface area contributed by atoms with E-state index in [-0.39, 0.29) is 50.7 Å². The molecule has 4 heteroatoms. The predicted molar refractivity (Wildman–Crippen MR) is 167 cm³/mol. The Morgan fingerprint density at radius 3 is 1.22 bits per heavy atom. The summed E-state index contributed by atoms with van der Waals surface area (Å²) in [6.07, 6.45) is 13.0. The zero-order valence-electron chi connectivity index (χ0n) is 24.3. The third-order valence-electron chi connectivity index (χ3n) is 7.36. The van der Waals surface area contributed by atoms with Crippen molar-refractivity contribution in [1.29, 1.82) is 0 Å². The maximum absolute atomic E-state index is 3.44. The third-order valence-corrected chi connectivity index (χ3v) is 8.77. The minimum absolute atomic E-state index is 0. The van der Waals surface area contributed by atoms with E-state index in [1.54, 1.807) is 0 Å². The fraction of sp³-hybridized carbons (Fsp3) is 0.243. The van der Waals surface area contributed by atoms with Crippen LogP contribution in [0.4, 0.5) is 0 Å². The molecular weight excluding hydrogens is 722 g/mol. The number of hydrogen-bond acceptors (Lipinski definition) is 0. The Morgan fingerprint density at radius 1 is 0.585 bits per heavy atom. The third kappa shape index (κ3) is 9.01. The van der Waals surface area contributed by atoms with Gasteiger partial charge in [-0.25, -0.2) is 11.1 Å². The minimum atomic E-state index is 0. The largest absolute Gasteiger partial charge is 4.00 e. The summed E-state index contributed by atoms with van der Waals surface area (Å²) >= 11 is 0. The van der Waals surface area contributed by atoms with Crippen LogP contribution in [0.25, 0.3) is 32.7 Å². The first-order valence-corrected chi connectivity index (χ1v) is 15.2. The molecule has 1 heterocycles. The average molecular weight is 758 g/mol. The van der Waals surface area contributed by atoms with Gasteiger partial charge in [0.15, 0.2) is 0 Å². The van der Waals surface area contributed by atoms with E-state index < -0.39 is 0 Å². The number of hydrogen-bond donors (Lipinski definition) is 0. The summed E-state index contributed by atoms with van der Waals surface area (Å²) in [7, 11) is 1.32. The van der Waals surface area contributed by atoms with Gasteiger partial charge in [0.2, 0.25) is 0 Å². The van der Waals surface area contributed by atoms with E-state index in [2.05, 4.69) is 137 Å². The van der Waals surface area contributed by atoms with Gasteiger partial charge in [0.05, 0.1) is 0 Å². The quantitative estimate of drug-likeness (QED) is 0.213. The van der Waals surface area contributed by atoms with Crippen molar-refractivity contribution in [2.45, 2.75) is 46.2 Å². The van der Waals surface area contributed by atoms with Gasteiger partial charge in [-0.05, 0) is 21.5 Å². The molecular formula is C37H36Cl2HfSi. The van der Waals surface area contributed by atoms with Gasteiger partial charge in [-0.3, -0.25) is 12.2 Å². The summed E-state index contributed by atoms with van der Waals surface area (Å²) in [4.78, 5) is 0. The number of allylic oxidation sites excluding steroid dienone is 8. The van der Waals surface area contributed by atoms with Crippen LogP contribution in [0.3, 0.4) is 0 Å². The Hall–Kier alpha value is -1.97. The van der Waals surface area contributed by atoms with E-state index in [4.69, 9.17) is 0 Å². The van der Waals surface area contributed by atoms with Crippen LogP contribution >= 0.6 is 0 Å². The van der Waals surface area contributed by atoms with Crippen molar-refractivity contribution in [3.63, 3.8) is 0 Å². The van der Waals surface area contributed by atoms with Crippen LogP contribution in [-0.4, -0.2) is 9.52 Å². The zero-order chi connectivity index (χ0) is 26.5. The van der Waals surface area contributed by atoms with Crippen LogP contribution in [0, 0.1) is 24.0 Å². The van der Waals surface area contributed by atoms with Crippen molar-refractivity contribution in [2.75, 3.05) is 0 Å². The molecule has 0 nitrogen and oxygen atoms in total. The molecule has 2 unspecified atom stereocenters. The maximum Gasteiger partial charge on any atom is 4.00 e. The molecule has 206 valence electrons. The molecule has 41 heavy (non-hydrogen) atoms. The number of rotatable bonds is 2. The molecule has 0 spiro atoms. The summed E-state index contributed by atoms with van der Waals surface area (Å²) in [5.41, 5.74) is 7.82. The molecule has 0 bridgehead atoms. The van der Waals surface area contributed by atoms with Crippen molar-refractivity contribution in [1.82, 2.24) is 0 Å². The number of fused-ring (bicyclic) bond motifs is 2. The molecule has 0 N–H and O–H groups in total. The Morgan fingerprint density at radius 2 is 0.927 bits per heavy atom. The van der Waals surface area contributed by atoms with Crippen molar-refractivity contribution in [3.8, 4) is 0 Å². The first-order chi connectivity index (χ1) is 18.5. The molecule has 2 aliphatic carbocycles. The molecule has 4 aromatic carbocycles. The summed E-state index contributed by atoms with van der Waals surface area (Å²) < 4.78 is 0. The van der Waals surface area contributed by atoms with Gasteiger partial charge in [-0.2, -0.15) is 23.3 Å². The zero-order valence-corrected chi connectivity index (χ0v) is 30.4. The predicted octanol–water partition coefficient (Wildman–Crippen LogP) is 4.18. The number of halogens is 2. The molecule has 2 radical (unpaired) electrons. The fourth-order valence-corrected chi connectivity index (χ4v) is 5.54. The van der Waals surface area contributed by atoms with Gasteiger partial charge in [-0.1, -0.05) is 154 Å². The van der Waals surface area contributed by atoms with Gasteiger partial charge < -0.3 is 24.8 Å². The van der Waals surface area contributed by atoms with Crippen molar-refractivity contribution in [2.24, 2.45) is 11.8 Å². The second-order valence-electron chi connectivity index (χ2n) is 10.5. The van der Waals surface area contributed by atoms with E-state index >= 15 is 0 Å². The Kier molecular flexibility index (Phi) is 14.3. The van der Waals surface area contributed by atoms with Gasteiger partial charge >= 0.3 is 25.8 Å². The SMILES string of the molecule is C1C[Si]C1.CC1=[C-]C(C)C=C1c1ccc2ccccc2c1.CC1=[C-]C(C)C=C1c1ccc2ccccc2c1.[Cl-].[Cl-].[Hf+4]. The van der Waals surface area contributed by atoms with Gasteiger partial charge in [0.1, 0.15) is 0 Å². The average Bonchev–Trinajstić information content (AvgIpc) is 3.41. The summed E-state index contributed by atoms with van der Waals surface area (Å²) in [6.45, 7) is 8.64. The van der Waals surface area contributed by atoms with Crippen LogP contribution in [0.2, 0.25) is 12.1 Å². The molecule has 2 atom stereocenters. The van der Waals surface area contributed by atoms with Crippen LogP contribution in [0.1, 0.15) is 45.2 Å². The van der Waals surface area contributed by atoms with Crippen LogP contribution in [0.15, 0.2) is 108 Å². The van der Waals surface area contributed by atoms with Gasteiger partial charge in [0, 0.05) is 9.52 Å². The topological polar surface area (TPSA) is 0 Å². The molecule has 1 aliphatic heterocycles.